The lowest BCUT2D eigenvalue weighted by Crippen LogP contribution is -2.19. The predicted molar refractivity (Wildman–Crippen MR) is 64.8 cm³/mol. The number of hydrogen-bond acceptors (Lipinski definition) is 2. The largest absolute Gasteiger partial charge is 0.495 e. The van der Waals surface area contributed by atoms with Gasteiger partial charge in [-0.2, -0.15) is 0 Å². The molecule has 0 bridgehead atoms. The van der Waals surface area contributed by atoms with Crippen LogP contribution in [0.4, 0.5) is 0 Å². The van der Waals surface area contributed by atoms with E-state index in [4.69, 9.17) is 10.5 Å². The lowest BCUT2D eigenvalue weighted by molar-refractivity contribution is 0.419. The zero-order valence-electron chi connectivity index (χ0n) is 9.42. The molecule has 0 saturated heterocycles. The summed E-state index contributed by atoms with van der Waals surface area (Å²) < 4.78 is 5.35. The first kappa shape index (κ1) is 9.73. The molecule has 1 aromatic heterocycles. The second-order valence-corrected chi connectivity index (χ2v) is 4.57. The van der Waals surface area contributed by atoms with Crippen molar-refractivity contribution in [2.75, 3.05) is 13.7 Å². The molecule has 16 heavy (non-hydrogen) atoms. The highest BCUT2D eigenvalue weighted by atomic mass is 16.5. The molecule has 1 saturated carbocycles. The minimum absolute atomic E-state index is 0.227. The maximum Gasteiger partial charge on any atom is 0.142 e. The van der Waals surface area contributed by atoms with Crippen molar-refractivity contribution < 1.29 is 4.74 Å². The number of fused-ring (bicyclic) bond motifs is 1. The Labute approximate surface area is 94.6 Å². The third-order valence-electron chi connectivity index (χ3n) is 3.71. The first-order valence-electron chi connectivity index (χ1n) is 5.65. The Hall–Kier alpha value is -1.48. The van der Waals surface area contributed by atoms with Crippen LogP contribution in [0.5, 0.6) is 5.75 Å². The number of methoxy groups -OCH3 is 1. The van der Waals surface area contributed by atoms with Gasteiger partial charge in [0.15, 0.2) is 0 Å². The highest BCUT2D eigenvalue weighted by molar-refractivity contribution is 5.89. The summed E-state index contributed by atoms with van der Waals surface area (Å²) in [5, 5.41) is 1.25. The molecule has 0 unspecified atom stereocenters. The molecule has 3 nitrogen and oxygen atoms in total. The Morgan fingerprint density at radius 2 is 2.25 bits per heavy atom. The molecular weight excluding hydrogens is 200 g/mol. The molecule has 0 spiro atoms. The number of hydrogen-bond donors (Lipinski definition) is 2. The molecule has 0 radical (unpaired) electrons. The van der Waals surface area contributed by atoms with E-state index >= 15 is 0 Å². The minimum atomic E-state index is 0.227. The van der Waals surface area contributed by atoms with E-state index < -0.39 is 0 Å². The van der Waals surface area contributed by atoms with E-state index in [9.17, 15) is 0 Å². The number of nitrogens with two attached hydrogens (primary N) is 1. The Balaban J connectivity index is 2.21. The SMILES string of the molecule is COc1cccc2c(C3(CN)CC3)c[nH]c12. The third kappa shape index (κ3) is 1.18. The second kappa shape index (κ2) is 3.25. The van der Waals surface area contributed by atoms with Gasteiger partial charge in [-0.05, 0) is 24.5 Å². The van der Waals surface area contributed by atoms with Gasteiger partial charge in [-0.1, -0.05) is 12.1 Å². The number of H-pyrrole nitrogens is 1. The highest BCUT2D eigenvalue weighted by Gasteiger charge is 2.44. The topological polar surface area (TPSA) is 51.0 Å². The van der Waals surface area contributed by atoms with Crippen molar-refractivity contribution in [1.82, 2.24) is 4.98 Å². The van der Waals surface area contributed by atoms with Crippen molar-refractivity contribution in [3.05, 3.63) is 30.0 Å². The molecule has 1 aromatic carbocycles. The zero-order chi connectivity index (χ0) is 11.2. The van der Waals surface area contributed by atoms with Gasteiger partial charge in [0.1, 0.15) is 5.75 Å². The summed E-state index contributed by atoms with van der Waals surface area (Å²) in [6.07, 6.45) is 4.49. The van der Waals surface area contributed by atoms with Crippen LogP contribution in [-0.4, -0.2) is 18.6 Å². The predicted octanol–water partition coefficient (Wildman–Crippen LogP) is 2.17. The van der Waals surface area contributed by atoms with E-state index in [0.717, 1.165) is 17.8 Å². The fourth-order valence-corrected chi connectivity index (χ4v) is 2.47. The zero-order valence-corrected chi connectivity index (χ0v) is 9.42. The average Bonchev–Trinajstić information content (AvgIpc) is 3.01. The van der Waals surface area contributed by atoms with Crippen molar-refractivity contribution in [2.45, 2.75) is 18.3 Å². The van der Waals surface area contributed by atoms with Gasteiger partial charge in [-0.15, -0.1) is 0 Å². The van der Waals surface area contributed by atoms with Gasteiger partial charge >= 0.3 is 0 Å². The third-order valence-corrected chi connectivity index (χ3v) is 3.71. The number of para-hydroxylation sites is 1. The van der Waals surface area contributed by atoms with Gasteiger partial charge < -0.3 is 15.5 Å². The second-order valence-electron chi connectivity index (χ2n) is 4.57. The Morgan fingerprint density at radius 3 is 2.88 bits per heavy atom. The van der Waals surface area contributed by atoms with E-state index in [-0.39, 0.29) is 5.41 Å². The van der Waals surface area contributed by atoms with E-state index in [1.807, 2.05) is 12.1 Å². The van der Waals surface area contributed by atoms with Crippen molar-refractivity contribution in [2.24, 2.45) is 5.73 Å². The van der Waals surface area contributed by atoms with Crippen molar-refractivity contribution >= 4 is 10.9 Å². The standard InChI is InChI=1S/C13H16N2O/c1-16-11-4-2-3-9-10(7-15-12(9)11)13(8-14)5-6-13/h2-4,7,15H,5-6,8,14H2,1H3. The quantitative estimate of drug-likeness (QED) is 0.826. The summed E-state index contributed by atoms with van der Waals surface area (Å²) >= 11 is 0. The molecule has 2 aromatic rings. The van der Waals surface area contributed by atoms with E-state index in [1.165, 1.54) is 23.8 Å². The number of aromatic nitrogens is 1. The molecule has 1 aliphatic carbocycles. The van der Waals surface area contributed by atoms with Gasteiger partial charge in [0.05, 0.1) is 12.6 Å². The van der Waals surface area contributed by atoms with Crippen molar-refractivity contribution in [1.29, 1.82) is 0 Å². The number of aromatic amines is 1. The molecule has 3 heteroatoms. The Bertz CT molecular complexity index is 526. The van der Waals surface area contributed by atoms with E-state index in [0.29, 0.717) is 0 Å². The Kier molecular flexibility index (Phi) is 1.98. The first-order chi connectivity index (χ1) is 7.80. The molecule has 0 aliphatic heterocycles. The molecule has 3 N–H and O–H groups in total. The van der Waals surface area contributed by atoms with Crippen molar-refractivity contribution in [3.63, 3.8) is 0 Å². The molecular formula is C13H16N2O. The van der Waals surface area contributed by atoms with Crippen LogP contribution in [0.2, 0.25) is 0 Å². The van der Waals surface area contributed by atoms with Gasteiger partial charge in [0, 0.05) is 23.5 Å². The van der Waals surface area contributed by atoms with Gasteiger partial charge in [-0.3, -0.25) is 0 Å². The Morgan fingerprint density at radius 1 is 1.44 bits per heavy atom. The van der Waals surface area contributed by atoms with Crippen LogP contribution in [0, 0.1) is 0 Å². The first-order valence-corrected chi connectivity index (χ1v) is 5.65. The maximum absolute atomic E-state index is 5.88. The normalized spacial score (nSPS) is 17.6. The molecule has 0 amide bonds. The van der Waals surface area contributed by atoms with Crippen LogP contribution in [0.3, 0.4) is 0 Å². The fourth-order valence-electron chi connectivity index (χ4n) is 2.47. The van der Waals surface area contributed by atoms with Crippen LogP contribution in [0.1, 0.15) is 18.4 Å². The number of ether oxygens (including phenoxy) is 1. The lowest BCUT2D eigenvalue weighted by Gasteiger charge is -2.11. The smallest absolute Gasteiger partial charge is 0.142 e. The van der Waals surface area contributed by atoms with E-state index in [2.05, 4.69) is 17.2 Å². The lowest BCUT2D eigenvalue weighted by atomic mass is 9.96. The molecule has 0 atom stereocenters. The van der Waals surface area contributed by atoms with Crippen LogP contribution >= 0.6 is 0 Å². The number of nitrogens with one attached hydrogen (secondary N) is 1. The van der Waals surface area contributed by atoms with Crippen molar-refractivity contribution in [3.8, 4) is 5.75 Å². The summed E-state index contributed by atoms with van der Waals surface area (Å²) in [5.41, 5.74) is 8.54. The summed E-state index contributed by atoms with van der Waals surface area (Å²) in [5.74, 6) is 0.900. The van der Waals surface area contributed by atoms with E-state index in [1.54, 1.807) is 7.11 Å². The van der Waals surface area contributed by atoms with Crippen LogP contribution < -0.4 is 10.5 Å². The average molecular weight is 216 g/mol. The van der Waals surface area contributed by atoms with Gasteiger partial charge in [0.25, 0.3) is 0 Å². The molecule has 1 aliphatic rings. The van der Waals surface area contributed by atoms with Crippen LogP contribution in [0.25, 0.3) is 10.9 Å². The minimum Gasteiger partial charge on any atom is -0.495 e. The van der Waals surface area contributed by atoms with Gasteiger partial charge in [-0.25, -0.2) is 0 Å². The maximum atomic E-state index is 5.88. The summed E-state index contributed by atoms with van der Waals surface area (Å²) in [7, 11) is 1.70. The summed E-state index contributed by atoms with van der Waals surface area (Å²) in [6, 6.07) is 6.15. The summed E-state index contributed by atoms with van der Waals surface area (Å²) in [4.78, 5) is 3.31. The summed E-state index contributed by atoms with van der Waals surface area (Å²) in [6.45, 7) is 0.733. The highest BCUT2D eigenvalue weighted by Crippen LogP contribution is 2.50. The molecule has 84 valence electrons. The monoisotopic (exact) mass is 216 g/mol. The van der Waals surface area contributed by atoms with Crippen LogP contribution in [0.15, 0.2) is 24.4 Å². The fraction of sp³-hybridized carbons (Fsp3) is 0.385. The number of rotatable bonds is 3. The molecule has 1 fully saturated rings. The number of benzene rings is 1. The van der Waals surface area contributed by atoms with Gasteiger partial charge in [0.2, 0.25) is 0 Å². The molecule has 1 heterocycles. The molecule has 3 rings (SSSR count). The van der Waals surface area contributed by atoms with Crippen LogP contribution in [-0.2, 0) is 5.41 Å².